The number of nitrogens with one attached hydrogen (secondary N) is 1. The molecule has 0 amide bonds. The Morgan fingerprint density at radius 2 is 1.94 bits per heavy atom. The van der Waals surface area contributed by atoms with Gasteiger partial charge in [-0.2, -0.15) is 0 Å². The summed E-state index contributed by atoms with van der Waals surface area (Å²) in [5.41, 5.74) is 5.14. The van der Waals surface area contributed by atoms with Gasteiger partial charge in [0.1, 0.15) is 0 Å². The van der Waals surface area contributed by atoms with Crippen molar-refractivity contribution in [1.29, 1.82) is 0 Å². The molecule has 0 bridgehead atoms. The van der Waals surface area contributed by atoms with Gasteiger partial charge in [0.15, 0.2) is 0 Å². The van der Waals surface area contributed by atoms with Crippen molar-refractivity contribution in [3.8, 4) is 0 Å². The maximum absolute atomic E-state index is 6.08. The Labute approximate surface area is 117 Å². The number of fused-ring (bicyclic) bond motifs is 1. The third-order valence-corrected chi connectivity index (χ3v) is 4.23. The molecule has 3 heteroatoms. The molecule has 0 saturated heterocycles. The first-order valence-electron chi connectivity index (χ1n) is 5.95. The van der Waals surface area contributed by atoms with Crippen molar-refractivity contribution >= 4 is 28.9 Å². The van der Waals surface area contributed by atoms with Crippen molar-refractivity contribution in [2.45, 2.75) is 19.4 Å². The summed E-state index contributed by atoms with van der Waals surface area (Å²) in [4.78, 5) is 0. The summed E-state index contributed by atoms with van der Waals surface area (Å²) in [5.74, 6) is 0. The topological polar surface area (TPSA) is 12.0 Å². The van der Waals surface area contributed by atoms with Gasteiger partial charge in [-0.15, -0.1) is 0 Å². The van der Waals surface area contributed by atoms with E-state index in [0.29, 0.717) is 10.0 Å². The lowest BCUT2D eigenvalue weighted by molar-refractivity contribution is 0.821. The van der Waals surface area contributed by atoms with Crippen LogP contribution >= 0.6 is 23.2 Å². The van der Waals surface area contributed by atoms with Crippen LogP contribution in [-0.4, -0.2) is 0 Å². The number of rotatable bonds is 1. The van der Waals surface area contributed by atoms with Crippen LogP contribution in [0.15, 0.2) is 36.4 Å². The van der Waals surface area contributed by atoms with E-state index in [1.165, 1.54) is 22.4 Å². The predicted octanol–water partition coefficient (Wildman–Crippen LogP) is 5.01. The largest absolute Gasteiger partial charge is 0.378 e. The molecule has 1 atom stereocenters. The first-order valence-corrected chi connectivity index (χ1v) is 6.71. The summed E-state index contributed by atoms with van der Waals surface area (Å²) in [6.45, 7) is 2.15. The molecule has 18 heavy (non-hydrogen) atoms. The van der Waals surface area contributed by atoms with E-state index in [-0.39, 0.29) is 6.04 Å². The van der Waals surface area contributed by atoms with Crippen molar-refractivity contribution < 1.29 is 0 Å². The molecular formula is C15H13Cl2N. The second kappa shape index (κ2) is 4.49. The zero-order valence-corrected chi connectivity index (χ0v) is 11.5. The lowest BCUT2D eigenvalue weighted by Crippen LogP contribution is -2.05. The maximum Gasteiger partial charge on any atom is 0.0595 e. The number of benzene rings is 2. The molecule has 1 heterocycles. The van der Waals surface area contributed by atoms with Crippen LogP contribution in [0.1, 0.15) is 22.7 Å². The van der Waals surface area contributed by atoms with Crippen LogP contribution in [0.4, 0.5) is 5.69 Å². The van der Waals surface area contributed by atoms with Gasteiger partial charge in [-0.3, -0.25) is 0 Å². The first kappa shape index (κ1) is 11.9. The fourth-order valence-electron chi connectivity index (χ4n) is 2.48. The molecule has 3 rings (SSSR count). The van der Waals surface area contributed by atoms with E-state index in [4.69, 9.17) is 23.2 Å². The number of halogens is 2. The number of anilines is 1. The van der Waals surface area contributed by atoms with Gasteiger partial charge in [0.2, 0.25) is 0 Å². The van der Waals surface area contributed by atoms with E-state index in [1.807, 2.05) is 18.2 Å². The number of hydrogen-bond acceptors (Lipinski definition) is 1. The molecule has 1 aliphatic rings. The molecule has 0 fully saturated rings. The number of hydrogen-bond donors (Lipinski definition) is 1. The second-order valence-electron chi connectivity index (χ2n) is 4.68. The quantitative estimate of drug-likeness (QED) is 0.773. The molecule has 2 aromatic rings. The average molecular weight is 278 g/mol. The molecular weight excluding hydrogens is 265 g/mol. The van der Waals surface area contributed by atoms with Crippen LogP contribution in [0, 0.1) is 6.92 Å². The highest BCUT2D eigenvalue weighted by Gasteiger charge is 2.23. The van der Waals surface area contributed by atoms with Crippen molar-refractivity contribution in [2.24, 2.45) is 0 Å². The van der Waals surface area contributed by atoms with Gasteiger partial charge in [0.25, 0.3) is 0 Å². The second-order valence-corrected chi connectivity index (χ2v) is 5.49. The lowest BCUT2D eigenvalue weighted by Gasteiger charge is -2.12. The monoisotopic (exact) mass is 277 g/mol. The fourth-order valence-corrected chi connectivity index (χ4v) is 2.79. The van der Waals surface area contributed by atoms with Crippen LogP contribution in [-0.2, 0) is 6.42 Å². The summed E-state index contributed by atoms with van der Waals surface area (Å²) in [6.07, 6.45) is 1.000. The predicted molar refractivity (Wildman–Crippen MR) is 77.7 cm³/mol. The molecule has 0 aromatic heterocycles. The van der Waals surface area contributed by atoms with Crippen LogP contribution in [0.25, 0.3) is 0 Å². The maximum atomic E-state index is 6.08. The van der Waals surface area contributed by atoms with Crippen molar-refractivity contribution in [1.82, 2.24) is 0 Å². The van der Waals surface area contributed by atoms with Crippen molar-refractivity contribution in [3.63, 3.8) is 0 Å². The van der Waals surface area contributed by atoms with Crippen molar-refractivity contribution in [3.05, 3.63) is 63.1 Å². The van der Waals surface area contributed by atoms with Gasteiger partial charge in [0.05, 0.1) is 16.1 Å². The lowest BCUT2D eigenvalue weighted by atomic mass is 10.0. The van der Waals surface area contributed by atoms with Crippen LogP contribution in [0.3, 0.4) is 0 Å². The fraction of sp³-hybridized carbons (Fsp3) is 0.200. The van der Waals surface area contributed by atoms with E-state index in [1.54, 1.807) is 0 Å². The Morgan fingerprint density at radius 3 is 2.67 bits per heavy atom. The molecule has 0 radical (unpaired) electrons. The van der Waals surface area contributed by atoms with Gasteiger partial charge in [-0.05, 0) is 48.2 Å². The van der Waals surface area contributed by atoms with E-state index in [2.05, 4.69) is 30.4 Å². The van der Waals surface area contributed by atoms with Gasteiger partial charge in [-0.25, -0.2) is 0 Å². The van der Waals surface area contributed by atoms with Gasteiger partial charge in [-0.1, -0.05) is 41.4 Å². The third kappa shape index (κ3) is 1.98. The third-order valence-electron chi connectivity index (χ3n) is 3.49. The Morgan fingerprint density at radius 1 is 1.11 bits per heavy atom. The van der Waals surface area contributed by atoms with Gasteiger partial charge in [0, 0.05) is 5.69 Å². The highest BCUT2D eigenvalue weighted by atomic mass is 35.5. The minimum Gasteiger partial charge on any atom is -0.378 e. The highest BCUT2D eigenvalue weighted by Crippen LogP contribution is 2.37. The minimum absolute atomic E-state index is 0.288. The summed E-state index contributed by atoms with van der Waals surface area (Å²) in [5, 5.41) is 4.75. The van der Waals surface area contributed by atoms with Crippen molar-refractivity contribution in [2.75, 3.05) is 5.32 Å². The Hall–Kier alpha value is -1.18. The summed E-state index contributed by atoms with van der Waals surface area (Å²) in [6, 6.07) is 12.5. The summed E-state index contributed by atoms with van der Waals surface area (Å²) < 4.78 is 0. The molecule has 0 saturated carbocycles. The van der Waals surface area contributed by atoms with Gasteiger partial charge >= 0.3 is 0 Å². The SMILES string of the molecule is Cc1cccc2c1CC(c1ccc(Cl)c(Cl)c1)N2. The standard InChI is InChI=1S/C15H13Cl2N/c1-9-3-2-4-14-11(9)8-15(18-14)10-5-6-12(16)13(17)7-10/h2-7,15,18H,8H2,1H3. The van der Waals surface area contributed by atoms with Crippen LogP contribution < -0.4 is 5.32 Å². The molecule has 1 N–H and O–H groups in total. The molecule has 0 spiro atoms. The minimum atomic E-state index is 0.288. The molecule has 0 aliphatic carbocycles. The Kier molecular flexibility index (Phi) is 2.96. The van der Waals surface area contributed by atoms with E-state index in [0.717, 1.165) is 6.42 Å². The Balaban J connectivity index is 1.94. The van der Waals surface area contributed by atoms with Gasteiger partial charge < -0.3 is 5.32 Å². The normalized spacial score (nSPS) is 17.4. The molecule has 1 unspecified atom stereocenters. The van der Waals surface area contributed by atoms with E-state index in [9.17, 15) is 0 Å². The average Bonchev–Trinajstić information content (AvgIpc) is 2.78. The first-order chi connectivity index (χ1) is 8.65. The zero-order valence-electron chi connectivity index (χ0n) is 10.0. The van der Waals surface area contributed by atoms with Crippen LogP contribution in [0.5, 0.6) is 0 Å². The summed E-state index contributed by atoms with van der Waals surface area (Å²) >= 11 is 12.0. The van der Waals surface area contributed by atoms with E-state index >= 15 is 0 Å². The highest BCUT2D eigenvalue weighted by molar-refractivity contribution is 6.42. The molecule has 2 aromatic carbocycles. The molecule has 1 aliphatic heterocycles. The van der Waals surface area contributed by atoms with Crippen LogP contribution in [0.2, 0.25) is 10.0 Å². The zero-order chi connectivity index (χ0) is 12.7. The molecule has 1 nitrogen and oxygen atoms in total. The van der Waals surface area contributed by atoms with E-state index < -0.39 is 0 Å². The number of aryl methyl sites for hydroxylation is 1. The molecule has 92 valence electrons. The smallest absolute Gasteiger partial charge is 0.0595 e. The summed E-state index contributed by atoms with van der Waals surface area (Å²) in [7, 11) is 0. The Bertz CT molecular complexity index is 607.